The van der Waals surface area contributed by atoms with Crippen molar-refractivity contribution in [3.63, 3.8) is 0 Å². The number of benzene rings is 3. The highest BCUT2D eigenvalue weighted by molar-refractivity contribution is 6.17. The first-order valence-corrected chi connectivity index (χ1v) is 11.4. The number of carbonyl (C=O) groups excluding carboxylic acids is 3. The molecule has 0 radical (unpaired) electrons. The molecule has 0 spiro atoms. The zero-order valence-corrected chi connectivity index (χ0v) is 18.9. The molecule has 0 aliphatic carbocycles. The maximum atomic E-state index is 13.7. The molecule has 2 heterocycles. The van der Waals surface area contributed by atoms with E-state index in [2.05, 4.69) is 9.88 Å². The van der Waals surface area contributed by atoms with Gasteiger partial charge < -0.3 is 9.88 Å². The number of hydrogen-bond acceptors (Lipinski definition) is 3. The lowest BCUT2D eigenvalue weighted by Gasteiger charge is -2.14. The van der Waals surface area contributed by atoms with Crippen molar-refractivity contribution in [2.75, 3.05) is 6.54 Å². The predicted octanol–water partition coefficient (Wildman–Crippen LogP) is 4.67. The minimum atomic E-state index is -0.673. The van der Waals surface area contributed by atoms with E-state index in [1.165, 1.54) is 0 Å². The number of rotatable bonds is 7. The summed E-state index contributed by atoms with van der Waals surface area (Å²) in [7, 11) is 0. The Hall–Kier alpha value is -4.19. The van der Waals surface area contributed by atoms with Gasteiger partial charge in [0.25, 0.3) is 5.91 Å². The summed E-state index contributed by atoms with van der Waals surface area (Å²) < 4.78 is 2.11. The molecule has 4 aromatic rings. The van der Waals surface area contributed by atoms with Crippen LogP contribution in [0.5, 0.6) is 0 Å². The predicted molar refractivity (Wildman–Crippen MR) is 132 cm³/mol. The van der Waals surface area contributed by atoms with Gasteiger partial charge in [0.05, 0.1) is 17.8 Å². The molecule has 5 rings (SSSR count). The number of Topliss-reactive ketones (excluding diaryl/α,β-unsaturated/α-hetero) is 1. The van der Waals surface area contributed by atoms with Crippen molar-refractivity contribution >= 4 is 28.6 Å². The lowest BCUT2D eigenvalue weighted by Crippen LogP contribution is -2.36. The monoisotopic (exact) mass is 451 g/mol. The number of hydrogen-bond donors (Lipinski definition) is 1. The van der Waals surface area contributed by atoms with Crippen molar-refractivity contribution in [3.8, 4) is 11.3 Å². The topological polar surface area (TPSA) is 71.4 Å². The third-order valence-electron chi connectivity index (χ3n) is 6.30. The molecule has 1 N–H and O–H groups in total. The Morgan fingerprint density at radius 1 is 0.882 bits per heavy atom. The first-order chi connectivity index (χ1) is 16.6. The van der Waals surface area contributed by atoms with Crippen LogP contribution < -0.4 is 5.32 Å². The summed E-state index contributed by atoms with van der Waals surface area (Å²) >= 11 is 0. The maximum Gasteiger partial charge on any atom is 0.325 e. The van der Waals surface area contributed by atoms with Gasteiger partial charge in [-0.05, 0) is 24.1 Å². The lowest BCUT2D eigenvalue weighted by atomic mass is 10.0. The summed E-state index contributed by atoms with van der Waals surface area (Å²) in [6.07, 6.45) is 0.389. The summed E-state index contributed by atoms with van der Waals surface area (Å²) in [6, 6.07) is 25.8. The van der Waals surface area contributed by atoms with Gasteiger partial charge in [0.15, 0.2) is 5.78 Å². The fourth-order valence-corrected chi connectivity index (χ4v) is 4.75. The Balaban J connectivity index is 1.50. The van der Waals surface area contributed by atoms with Crippen molar-refractivity contribution in [2.45, 2.75) is 25.9 Å². The normalized spacial score (nSPS) is 15.7. The summed E-state index contributed by atoms with van der Waals surface area (Å²) in [5.74, 6) is -0.631. The summed E-state index contributed by atoms with van der Waals surface area (Å²) in [5, 5.41) is 3.56. The lowest BCUT2D eigenvalue weighted by molar-refractivity contribution is -0.127. The smallest absolute Gasteiger partial charge is 0.325 e. The molecule has 0 bridgehead atoms. The van der Waals surface area contributed by atoms with Crippen molar-refractivity contribution < 1.29 is 14.4 Å². The van der Waals surface area contributed by atoms with Crippen LogP contribution in [0.15, 0.2) is 84.9 Å². The number of ketones is 1. The molecule has 1 aromatic heterocycles. The minimum Gasteiger partial charge on any atom is -0.340 e. The standard InChI is InChI=1S/C28H25N3O3/c1-2-30-23-16-10-9-15-21(23)25(26(30)20-13-7-4-8-14-20)24(32)18-31-27(33)22(29-28(31)34)17-19-11-5-3-6-12-19/h3-16,22H,2,17-18H2,1H3,(H,29,34). The number of urea groups is 1. The van der Waals surface area contributed by atoms with Gasteiger partial charge in [0.1, 0.15) is 6.04 Å². The van der Waals surface area contributed by atoms with Crippen molar-refractivity contribution in [3.05, 3.63) is 96.1 Å². The van der Waals surface area contributed by atoms with Crippen LogP contribution >= 0.6 is 0 Å². The van der Waals surface area contributed by atoms with Crippen LogP contribution in [0.3, 0.4) is 0 Å². The zero-order chi connectivity index (χ0) is 23.7. The quantitative estimate of drug-likeness (QED) is 0.328. The maximum absolute atomic E-state index is 13.7. The van der Waals surface area contributed by atoms with Crippen LogP contribution in [-0.2, 0) is 17.8 Å². The van der Waals surface area contributed by atoms with E-state index in [-0.39, 0.29) is 18.2 Å². The van der Waals surface area contributed by atoms with Crippen LogP contribution in [0.1, 0.15) is 22.8 Å². The number of fused-ring (bicyclic) bond motifs is 1. The summed E-state index contributed by atoms with van der Waals surface area (Å²) in [6.45, 7) is 2.42. The SMILES string of the molecule is CCn1c(-c2ccccc2)c(C(=O)CN2C(=O)NC(Cc3ccccc3)C2=O)c2ccccc21. The van der Waals surface area contributed by atoms with Crippen LogP contribution in [-0.4, -0.2) is 39.8 Å². The van der Waals surface area contributed by atoms with E-state index in [1.54, 1.807) is 0 Å². The van der Waals surface area contributed by atoms with Crippen LogP contribution in [0.25, 0.3) is 22.2 Å². The highest BCUT2D eigenvalue weighted by atomic mass is 16.2. The molecule has 1 atom stereocenters. The van der Waals surface area contributed by atoms with Crippen molar-refractivity contribution in [1.82, 2.24) is 14.8 Å². The van der Waals surface area contributed by atoms with E-state index in [1.807, 2.05) is 91.9 Å². The van der Waals surface area contributed by atoms with Crippen molar-refractivity contribution in [2.24, 2.45) is 0 Å². The number of nitrogens with one attached hydrogen (secondary N) is 1. The molecule has 1 aliphatic rings. The van der Waals surface area contributed by atoms with Crippen LogP contribution in [0.4, 0.5) is 4.79 Å². The molecule has 170 valence electrons. The van der Waals surface area contributed by atoms with Gasteiger partial charge in [-0.3, -0.25) is 14.5 Å². The highest BCUT2D eigenvalue weighted by Gasteiger charge is 2.39. The molecule has 1 unspecified atom stereocenters. The number of carbonyl (C=O) groups is 3. The Kier molecular flexibility index (Phi) is 5.72. The van der Waals surface area contributed by atoms with Crippen molar-refractivity contribution in [1.29, 1.82) is 0 Å². The minimum absolute atomic E-state index is 0.258. The number of nitrogens with zero attached hydrogens (tertiary/aromatic N) is 2. The third kappa shape index (κ3) is 3.77. The van der Waals surface area contributed by atoms with E-state index in [0.29, 0.717) is 18.5 Å². The van der Waals surface area contributed by atoms with Gasteiger partial charge in [-0.15, -0.1) is 0 Å². The van der Waals surface area contributed by atoms with E-state index >= 15 is 0 Å². The second kappa shape index (κ2) is 8.98. The third-order valence-corrected chi connectivity index (χ3v) is 6.30. The number of aryl methyl sites for hydroxylation is 1. The van der Waals surface area contributed by atoms with E-state index in [4.69, 9.17) is 0 Å². The fourth-order valence-electron chi connectivity index (χ4n) is 4.75. The molecule has 1 saturated heterocycles. The average Bonchev–Trinajstić information content (AvgIpc) is 3.34. The second-order valence-corrected chi connectivity index (χ2v) is 8.39. The number of aromatic nitrogens is 1. The van der Waals surface area contributed by atoms with Gasteiger partial charge in [-0.25, -0.2) is 4.79 Å². The molecule has 1 fully saturated rings. The molecule has 6 nitrogen and oxygen atoms in total. The molecule has 3 aromatic carbocycles. The van der Waals surface area contributed by atoms with E-state index in [0.717, 1.165) is 32.6 Å². The van der Waals surface area contributed by atoms with Gasteiger partial charge in [0.2, 0.25) is 0 Å². The van der Waals surface area contributed by atoms with Gasteiger partial charge >= 0.3 is 6.03 Å². The number of amides is 3. The van der Waals surface area contributed by atoms with E-state index in [9.17, 15) is 14.4 Å². The number of imide groups is 1. The Labute approximate surface area is 197 Å². The molecular weight excluding hydrogens is 426 g/mol. The largest absolute Gasteiger partial charge is 0.340 e. The number of para-hydroxylation sites is 1. The van der Waals surface area contributed by atoms with Gasteiger partial charge in [-0.1, -0.05) is 78.9 Å². The summed E-state index contributed by atoms with van der Waals surface area (Å²) in [4.78, 5) is 40.5. The average molecular weight is 452 g/mol. The van der Waals surface area contributed by atoms with Crippen LogP contribution in [0, 0.1) is 0 Å². The second-order valence-electron chi connectivity index (χ2n) is 8.39. The van der Waals surface area contributed by atoms with Gasteiger partial charge in [-0.2, -0.15) is 0 Å². The Morgan fingerprint density at radius 3 is 2.24 bits per heavy atom. The molecule has 0 saturated carbocycles. The molecule has 3 amide bonds. The fraction of sp³-hybridized carbons (Fsp3) is 0.179. The summed E-state index contributed by atoms with van der Waals surface area (Å²) in [5.41, 5.74) is 4.17. The molecular formula is C28H25N3O3. The van der Waals surface area contributed by atoms with E-state index < -0.39 is 12.1 Å². The first kappa shape index (κ1) is 21.6. The first-order valence-electron chi connectivity index (χ1n) is 11.4. The van der Waals surface area contributed by atoms with Crippen LogP contribution in [0.2, 0.25) is 0 Å². The van der Waals surface area contributed by atoms with Gasteiger partial charge in [0, 0.05) is 23.9 Å². The Morgan fingerprint density at radius 2 is 1.53 bits per heavy atom. The Bertz CT molecular complexity index is 1380. The highest BCUT2D eigenvalue weighted by Crippen LogP contribution is 2.34. The molecule has 6 heteroatoms. The molecule has 34 heavy (non-hydrogen) atoms. The zero-order valence-electron chi connectivity index (χ0n) is 18.9. The molecule has 1 aliphatic heterocycles.